The van der Waals surface area contributed by atoms with Crippen molar-refractivity contribution in [3.8, 4) is 11.3 Å². The van der Waals surface area contributed by atoms with Gasteiger partial charge in [-0.15, -0.1) is 11.3 Å². The fourth-order valence-electron chi connectivity index (χ4n) is 2.12. The van der Waals surface area contributed by atoms with Crippen molar-refractivity contribution in [1.82, 2.24) is 4.98 Å². The highest BCUT2D eigenvalue weighted by molar-refractivity contribution is 9.10. The minimum absolute atomic E-state index is 0.0893. The first kappa shape index (κ1) is 13.6. The number of benzene rings is 1. The molecule has 0 radical (unpaired) electrons. The number of rotatable bonds is 3. The number of carbonyl (C=O) groups excluding carboxylic acids is 1. The molecule has 0 spiro atoms. The fraction of sp³-hybridized carbons (Fsp3) is 0.286. The van der Waals surface area contributed by atoms with Crippen molar-refractivity contribution in [2.45, 2.75) is 19.4 Å². The monoisotopic (exact) mass is 352 g/mol. The number of ether oxygens (including phenoxy) is 1. The van der Waals surface area contributed by atoms with Crippen molar-refractivity contribution in [3.05, 3.63) is 34.1 Å². The van der Waals surface area contributed by atoms with Gasteiger partial charge in [0.15, 0.2) is 5.13 Å². The van der Waals surface area contributed by atoms with E-state index in [2.05, 4.69) is 20.9 Å². The van der Waals surface area contributed by atoms with Crippen molar-refractivity contribution in [3.63, 3.8) is 0 Å². The SMILES string of the molecule is CC[C@@H]1COC(=O)N1c1nc(-c2ccc(Br)cc2)cs1. The maximum Gasteiger partial charge on any atom is 0.416 e. The number of carbonyl (C=O) groups is 1. The maximum atomic E-state index is 11.8. The molecule has 20 heavy (non-hydrogen) atoms. The van der Waals surface area contributed by atoms with Crippen LogP contribution in [-0.2, 0) is 4.74 Å². The zero-order chi connectivity index (χ0) is 14.1. The van der Waals surface area contributed by atoms with Gasteiger partial charge in [-0.2, -0.15) is 0 Å². The third-order valence-electron chi connectivity index (χ3n) is 3.27. The molecule has 1 saturated heterocycles. The number of cyclic esters (lactones) is 1. The molecule has 6 heteroatoms. The summed E-state index contributed by atoms with van der Waals surface area (Å²) in [5.74, 6) is 0. The van der Waals surface area contributed by atoms with Crippen molar-refractivity contribution in [2.75, 3.05) is 11.5 Å². The lowest BCUT2D eigenvalue weighted by Crippen LogP contribution is -2.32. The minimum Gasteiger partial charge on any atom is -0.447 e. The lowest BCUT2D eigenvalue weighted by molar-refractivity contribution is 0.178. The number of halogens is 1. The first-order valence-corrected chi connectivity index (χ1v) is 8.03. The van der Waals surface area contributed by atoms with Crippen LogP contribution in [0.4, 0.5) is 9.93 Å². The van der Waals surface area contributed by atoms with E-state index in [0.29, 0.717) is 11.7 Å². The molecule has 1 aromatic heterocycles. The second-order valence-electron chi connectivity index (χ2n) is 4.53. The zero-order valence-electron chi connectivity index (χ0n) is 10.9. The number of anilines is 1. The van der Waals surface area contributed by atoms with E-state index in [-0.39, 0.29) is 12.1 Å². The van der Waals surface area contributed by atoms with Crippen molar-refractivity contribution in [1.29, 1.82) is 0 Å². The highest BCUT2D eigenvalue weighted by atomic mass is 79.9. The molecule has 1 amide bonds. The molecule has 104 valence electrons. The van der Waals surface area contributed by atoms with Crippen LogP contribution in [0.3, 0.4) is 0 Å². The van der Waals surface area contributed by atoms with Crippen LogP contribution < -0.4 is 4.90 Å². The Bertz CT molecular complexity index is 626. The summed E-state index contributed by atoms with van der Waals surface area (Å²) >= 11 is 4.89. The van der Waals surface area contributed by atoms with Crippen LogP contribution in [0.5, 0.6) is 0 Å². The van der Waals surface area contributed by atoms with Crippen LogP contribution in [0, 0.1) is 0 Å². The summed E-state index contributed by atoms with van der Waals surface area (Å²) in [6.07, 6.45) is 0.562. The summed E-state index contributed by atoms with van der Waals surface area (Å²) in [6.45, 7) is 2.49. The van der Waals surface area contributed by atoms with Crippen molar-refractivity contribution in [2.24, 2.45) is 0 Å². The first-order chi connectivity index (χ1) is 9.69. The van der Waals surface area contributed by atoms with Crippen LogP contribution in [-0.4, -0.2) is 23.7 Å². The summed E-state index contributed by atoms with van der Waals surface area (Å²) in [5.41, 5.74) is 1.92. The van der Waals surface area contributed by atoms with Crippen molar-refractivity contribution >= 4 is 38.5 Å². The number of hydrogen-bond donors (Lipinski definition) is 0. The Morgan fingerprint density at radius 2 is 2.20 bits per heavy atom. The third-order valence-corrected chi connectivity index (χ3v) is 4.64. The topological polar surface area (TPSA) is 42.4 Å². The number of hydrogen-bond acceptors (Lipinski definition) is 4. The standard InChI is InChI=1S/C14H13BrN2O2S/c1-2-11-7-19-14(18)17(11)13-16-12(8-20-13)9-3-5-10(15)6-4-9/h3-6,8,11H,2,7H2,1H3/t11-/m1/s1. The van der Waals surface area contributed by atoms with Crippen LogP contribution in [0.1, 0.15) is 13.3 Å². The van der Waals surface area contributed by atoms with E-state index in [1.807, 2.05) is 36.6 Å². The highest BCUT2D eigenvalue weighted by Crippen LogP contribution is 2.32. The second-order valence-corrected chi connectivity index (χ2v) is 6.28. The van der Waals surface area contributed by atoms with Gasteiger partial charge in [0, 0.05) is 15.4 Å². The molecule has 0 bridgehead atoms. The number of amides is 1. The van der Waals surface area contributed by atoms with Crippen molar-refractivity contribution < 1.29 is 9.53 Å². The van der Waals surface area contributed by atoms with Gasteiger partial charge in [0.05, 0.1) is 11.7 Å². The molecule has 1 aliphatic rings. The molecular weight excluding hydrogens is 340 g/mol. The Kier molecular flexibility index (Phi) is 3.76. The maximum absolute atomic E-state index is 11.8. The van der Waals surface area contributed by atoms with Crippen LogP contribution in [0.25, 0.3) is 11.3 Å². The van der Waals surface area contributed by atoms with E-state index in [0.717, 1.165) is 22.2 Å². The molecular formula is C14H13BrN2O2S. The summed E-state index contributed by atoms with van der Waals surface area (Å²) < 4.78 is 6.13. The van der Waals surface area contributed by atoms with E-state index in [4.69, 9.17) is 4.74 Å². The molecule has 1 atom stereocenters. The van der Waals surface area contributed by atoms with E-state index >= 15 is 0 Å². The quantitative estimate of drug-likeness (QED) is 0.826. The molecule has 0 unspecified atom stereocenters. The number of thiazole rings is 1. The minimum atomic E-state index is -0.298. The van der Waals surface area contributed by atoms with Crippen LogP contribution in [0.15, 0.2) is 34.1 Å². The van der Waals surface area contributed by atoms with Gasteiger partial charge >= 0.3 is 6.09 Å². The molecule has 4 nitrogen and oxygen atoms in total. The number of nitrogens with zero attached hydrogens (tertiary/aromatic N) is 2. The molecule has 1 fully saturated rings. The van der Waals surface area contributed by atoms with Gasteiger partial charge in [-0.05, 0) is 18.6 Å². The van der Waals surface area contributed by atoms with Crippen LogP contribution >= 0.6 is 27.3 Å². The van der Waals surface area contributed by atoms with Gasteiger partial charge in [0.25, 0.3) is 0 Å². The van der Waals surface area contributed by atoms with E-state index in [1.54, 1.807) is 4.90 Å². The Labute approximate surface area is 129 Å². The molecule has 2 aromatic rings. The summed E-state index contributed by atoms with van der Waals surface area (Å²) in [7, 11) is 0. The van der Waals surface area contributed by atoms with Gasteiger partial charge in [0.2, 0.25) is 0 Å². The van der Waals surface area contributed by atoms with Gasteiger partial charge in [-0.25, -0.2) is 14.7 Å². The smallest absolute Gasteiger partial charge is 0.416 e. The Morgan fingerprint density at radius 1 is 1.45 bits per heavy atom. The molecule has 1 aliphatic heterocycles. The van der Waals surface area contributed by atoms with E-state index < -0.39 is 0 Å². The predicted molar refractivity (Wildman–Crippen MR) is 83.2 cm³/mol. The average molecular weight is 353 g/mol. The third kappa shape index (κ3) is 2.45. The molecule has 2 heterocycles. The highest BCUT2D eigenvalue weighted by Gasteiger charge is 2.34. The average Bonchev–Trinajstić information content (AvgIpc) is 3.05. The molecule has 0 aliphatic carbocycles. The van der Waals surface area contributed by atoms with Gasteiger partial charge < -0.3 is 4.74 Å². The largest absolute Gasteiger partial charge is 0.447 e. The summed E-state index contributed by atoms with van der Waals surface area (Å²) in [4.78, 5) is 18.0. The zero-order valence-corrected chi connectivity index (χ0v) is 13.3. The molecule has 0 saturated carbocycles. The lowest BCUT2D eigenvalue weighted by atomic mass is 10.2. The Balaban J connectivity index is 1.90. The molecule has 1 aromatic carbocycles. The van der Waals surface area contributed by atoms with Gasteiger partial charge in [0.1, 0.15) is 6.61 Å². The summed E-state index contributed by atoms with van der Waals surface area (Å²) in [5, 5.41) is 2.67. The molecule has 3 rings (SSSR count). The number of aromatic nitrogens is 1. The second kappa shape index (κ2) is 5.54. The Morgan fingerprint density at radius 3 is 2.90 bits per heavy atom. The fourth-order valence-corrected chi connectivity index (χ4v) is 3.28. The van der Waals surface area contributed by atoms with Gasteiger partial charge in [-0.1, -0.05) is 35.0 Å². The lowest BCUT2D eigenvalue weighted by Gasteiger charge is -2.16. The van der Waals surface area contributed by atoms with Gasteiger partial charge in [-0.3, -0.25) is 0 Å². The van der Waals surface area contributed by atoms with E-state index in [9.17, 15) is 4.79 Å². The molecule has 0 N–H and O–H groups in total. The van der Waals surface area contributed by atoms with E-state index in [1.165, 1.54) is 11.3 Å². The Hall–Kier alpha value is -1.40. The summed E-state index contributed by atoms with van der Waals surface area (Å²) in [6, 6.07) is 8.05. The normalized spacial score (nSPS) is 18.4. The first-order valence-electron chi connectivity index (χ1n) is 6.36. The van der Waals surface area contributed by atoms with Crippen LogP contribution in [0.2, 0.25) is 0 Å². The predicted octanol–water partition coefficient (Wildman–Crippen LogP) is 4.31.